The van der Waals surface area contributed by atoms with Gasteiger partial charge in [0, 0.05) is 29.8 Å². The zero-order valence-corrected chi connectivity index (χ0v) is 15.9. The smallest absolute Gasteiger partial charge is 0.228 e. The Bertz CT molecular complexity index is 1110. The Balaban J connectivity index is 1.38. The summed E-state index contributed by atoms with van der Waals surface area (Å²) < 4.78 is 1.67. The number of rotatable bonds is 6. The lowest BCUT2D eigenvalue weighted by atomic mass is 10.1. The van der Waals surface area contributed by atoms with Crippen molar-refractivity contribution >= 4 is 23.1 Å². The third kappa shape index (κ3) is 4.84. The lowest BCUT2D eigenvalue weighted by Crippen LogP contribution is -2.14. The summed E-state index contributed by atoms with van der Waals surface area (Å²) in [7, 11) is 0. The fraction of sp³-hybridized carbons (Fsp3) is 0.0909. The van der Waals surface area contributed by atoms with Crippen LogP contribution in [0.25, 0.3) is 5.82 Å². The zero-order valence-electron chi connectivity index (χ0n) is 15.9. The van der Waals surface area contributed by atoms with Gasteiger partial charge in [-0.15, -0.1) is 0 Å². The molecule has 2 aromatic carbocycles. The molecule has 0 unspecified atom stereocenters. The van der Waals surface area contributed by atoms with Crippen LogP contribution in [0.3, 0.4) is 0 Å². The van der Waals surface area contributed by atoms with Gasteiger partial charge < -0.3 is 10.6 Å². The molecule has 0 saturated heterocycles. The first-order chi connectivity index (χ1) is 14.2. The van der Waals surface area contributed by atoms with Crippen molar-refractivity contribution in [3.63, 3.8) is 0 Å². The Kier molecular flexibility index (Phi) is 5.29. The fourth-order valence-corrected chi connectivity index (χ4v) is 2.94. The molecule has 0 aliphatic heterocycles. The Morgan fingerprint density at radius 3 is 2.59 bits per heavy atom. The first-order valence-corrected chi connectivity index (χ1v) is 9.20. The summed E-state index contributed by atoms with van der Waals surface area (Å²) in [6.45, 7) is 2.02. The number of hydrogen-bond donors (Lipinski definition) is 2. The van der Waals surface area contributed by atoms with Crippen molar-refractivity contribution in [2.45, 2.75) is 13.3 Å². The average Bonchev–Trinajstić information content (AvgIpc) is 3.25. The molecular weight excluding hydrogens is 364 g/mol. The first kappa shape index (κ1) is 18.4. The highest BCUT2D eigenvalue weighted by molar-refractivity contribution is 5.92. The molecule has 2 heterocycles. The van der Waals surface area contributed by atoms with E-state index in [1.165, 1.54) is 6.33 Å². The highest BCUT2D eigenvalue weighted by Gasteiger charge is 2.06. The van der Waals surface area contributed by atoms with Gasteiger partial charge in [-0.1, -0.05) is 29.8 Å². The van der Waals surface area contributed by atoms with Gasteiger partial charge in [-0.2, -0.15) is 5.10 Å². The van der Waals surface area contributed by atoms with Gasteiger partial charge in [0.1, 0.15) is 12.1 Å². The van der Waals surface area contributed by atoms with Gasteiger partial charge >= 0.3 is 0 Å². The normalized spacial score (nSPS) is 10.5. The molecule has 0 fully saturated rings. The molecule has 0 spiro atoms. The Labute approximate surface area is 168 Å². The molecule has 2 N–H and O–H groups in total. The van der Waals surface area contributed by atoms with Gasteiger partial charge in [0.25, 0.3) is 0 Å². The van der Waals surface area contributed by atoms with Gasteiger partial charge in [-0.05, 0) is 42.8 Å². The molecule has 29 heavy (non-hydrogen) atoms. The summed E-state index contributed by atoms with van der Waals surface area (Å²) in [5, 5.41) is 10.3. The van der Waals surface area contributed by atoms with Crippen molar-refractivity contribution < 1.29 is 4.79 Å². The lowest BCUT2D eigenvalue weighted by molar-refractivity contribution is -0.115. The summed E-state index contributed by atoms with van der Waals surface area (Å²) in [6.07, 6.45) is 5.35. The summed E-state index contributed by atoms with van der Waals surface area (Å²) in [5.74, 6) is 1.28. The molecule has 0 radical (unpaired) electrons. The van der Waals surface area contributed by atoms with Crippen molar-refractivity contribution in [3.05, 3.63) is 90.5 Å². The highest BCUT2D eigenvalue weighted by Crippen LogP contribution is 2.19. The number of amides is 1. The van der Waals surface area contributed by atoms with Crippen molar-refractivity contribution in [2.24, 2.45) is 0 Å². The summed E-state index contributed by atoms with van der Waals surface area (Å²) in [5.41, 5.74) is 3.74. The number of carbonyl (C=O) groups is 1. The predicted molar refractivity (Wildman–Crippen MR) is 112 cm³/mol. The van der Waals surface area contributed by atoms with Crippen LogP contribution in [-0.4, -0.2) is 25.7 Å². The van der Waals surface area contributed by atoms with Gasteiger partial charge in [0.2, 0.25) is 5.91 Å². The van der Waals surface area contributed by atoms with Crippen LogP contribution in [0.2, 0.25) is 0 Å². The molecule has 144 valence electrons. The van der Waals surface area contributed by atoms with Gasteiger partial charge in [0.05, 0.1) is 6.42 Å². The van der Waals surface area contributed by atoms with Gasteiger partial charge in [-0.3, -0.25) is 4.79 Å². The summed E-state index contributed by atoms with van der Waals surface area (Å²) in [4.78, 5) is 20.7. The first-order valence-electron chi connectivity index (χ1n) is 9.20. The number of aromatic nitrogens is 4. The minimum atomic E-state index is -0.0454. The van der Waals surface area contributed by atoms with Crippen LogP contribution in [0.15, 0.2) is 79.4 Å². The van der Waals surface area contributed by atoms with Crippen molar-refractivity contribution in [1.29, 1.82) is 0 Å². The van der Waals surface area contributed by atoms with E-state index in [0.29, 0.717) is 18.1 Å². The third-order valence-corrected chi connectivity index (χ3v) is 4.28. The molecule has 0 aliphatic carbocycles. The number of aryl methyl sites for hydroxylation is 1. The standard InChI is InChI=1S/C22H20N6O/c1-16-4-2-5-17(12-16)13-22(29)27-19-8-6-18(7-9-19)26-20-14-21(24-15-23-20)28-11-3-10-25-28/h2-12,14-15H,13H2,1H3,(H,27,29)(H,23,24,26). The minimum absolute atomic E-state index is 0.0454. The van der Waals surface area contributed by atoms with Crippen molar-refractivity contribution in [1.82, 2.24) is 19.7 Å². The predicted octanol–water partition coefficient (Wildman–Crippen LogP) is 3.90. The zero-order chi connectivity index (χ0) is 20.1. The number of hydrogen-bond acceptors (Lipinski definition) is 5. The lowest BCUT2D eigenvalue weighted by Gasteiger charge is -2.09. The number of benzene rings is 2. The molecule has 4 aromatic rings. The SMILES string of the molecule is Cc1cccc(CC(=O)Nc2ccc(Nc3cc(-n4cccn4)ncn3)cc2)c1. The quantitative estimate of drug-likeness (QED) is 0.527. The number of carbonyl (C=O) groups excluding carboxylic acids is 1. The average molecular weight is 384 g/mol. The molecule has 7 nitrogen and oxygen atoms in total. The van der Waals surface area contributed by atoms with Crippen LogP contribution in [0.4, 0.5) is 17.2 Å². The number of nitrogens with one attached hydrogen (secondary N) is 2. The molecule has 1 amide bonds. The molecule has 0 aliphatic rings. The molecule has 2 aromatic heterocycles. The largest absolute Gasteiger partial charge is 0.340 e. The second-order valence-corrected chi connectivity index (χ2v) is 6.63. The van der Waals surface area contributed by atoms with E-state index in [0.717, 1.165) is 22.5 Å². The molecule has 7 heteroatoms. The monoisotopic (exact) mass is 384 g/mol. The van der Waals surface area contributed by atoms with Crippen LogP contribution in [0.5, 0.6) is 0 Å². The van der Waals surface area contributed by atoms with E-state index < -0.39 is 0 Å². The Morgan fingerprint density at radius 2 is 1.83 bits per heavy atom. The molecule has 0 atom stereocenters. The van der Waals surface area contributed by atoms with E-state index in [9.17, 15) is 4.79 Å². The molecular formula is C22H20N6O. The van der Waals surface area contributed by atoms with Crippen LogP contribution in [-0.2, 0) is 11.2 Å². The van der Waals surface area contributed by atoms with E-state index in [-0.39, 0.29) is 5.91 Å². The van der Waals surface area contributed by atoms with E-state index in [1.807, 2.05) is 73.8 Å². The van der Waals surface area contributed by atoms with E-state index in [1.54, 1.807) is 10.9 Å². The maximum absolute atomic E-state index is 12.3. The Morgan fingerprint density at radius 1 is 1.00 bits per heavy atom. The summed E-state index contributed by atoms with van der Waals surface area (Å²) in [6, 6.07) is 19.1. The van der Waals surface area contributed by atoms with Crippen molar-refractivity contribution in [3.8, 4) is 5.82 Å². The van der Waals surface area contributed by atoms with E-state index in [4.69, 9.17) is 0 Å². The topological polar surface area (TPSA) is 84.7 Å². The second-order valence-electron chi connectivity index (χ2n) is 6.63. The number of nitrogens with zero attached hydrogens (tertiary/aromatic N) is 4. The van der Waals surface area contributed by atoms with E-state index >= 15 is 0 Å². The van der Waals surface area contributed by atoms with Crippen LogP contribution in [0.1, 0.15) is 11.1 Å². The maximum Gasteiger partial charge on any atom is 0.228 e. The minimum Gasteiger partial charge on any atom is -0.340 e. The third-order valence-electron chi connectivity index (χ3n) is 4.28. The Hall–Kier alpha value is -4.00. The van der Waals surface area contributed by atoms with Crippen LogP contribution in [0, 0.1) is 6.92 Å². The summed E-state index contributed by atoms with van der Waals surface area (Å²) >= 11 is 0. The van der Waals surface area contributed by atoms with Crippen LogP contribution < -0.4 is 10.6 Å². The molecule has 0 saturated carbocycles. The van der Waals surface area contributed by atoms with Gasteiger partial charge in [-0.25, -0.2) is 14.6 Å². The maximum atomic E-state index is 12.3. The fourth-order valence-electron chi connectivity index (χ4n) is 2.94. The number of anilines is 3. The van der Waals surface area contributed by atoms with Crippen LogP contribution >= 0.6 is 0 Å². The molecule has 4 rings (SSSR count). The van der Waals surface area contributed by atoms with Crippen molar-refractivity contribution in [2.75, 3.05) is 10.6 Å². The van der Waals surface area contributed by atoms with Gasteiger partial charge in [0.15, 0.2) is 5.82 Å². The molecule has 0 bridgehead atoms. The second kappa shape index (κ2) is 8.35. The highest BCUT2D eigenvalue weighted by atomic mass is 16.1. The van der Waals surface area contributed by atoms with E-state index in [2.05, 4.69) is 25.7 Å².